The highest BCUT2D eigenvalue weighted by Crippen LogP contribution is 2.41. The van der Waals surface area contributed by atoms with Crippen molar-refractivity contribution < 1.29 is 13.2 Å². The number of anilines is 2. The van der Waals surface area contributed by atoms with Gasteiger partial charge in [0.2, 0.25) is 0 Å². The molecular weight excluding hydrogens is 351 g/mol. The minimum absolute atomic E-state index is 0.219. The Morgan fingerprint density at radius 2 is 2.16 bits per heavy atom. The second kappa shape index (κ2) is 5.57. The molecular formula is C16H14F3N5S. The quantitative estimate of drug-likeness (QED) is 0.824. The number of alkyl halides is 3. The van der Waals surface area contributed by atoms with Crippen LogP contribution in [0.2, 0.25) is 0 Å². The molecule has 9 heteroatoms. The van der Waals surface area contributed by atoms with Crippen molar-refractivity contribution in [3.05, 3.63) is 36.0 Å². The average Bonchev–Trinajstić information content (AvgIpc) is 2.61. The van der Waals surface area contributed by atoms with Gasteiger partial charge in [-0.3, -0.25) is 0 Å². The topological polar surface area (TPSA) is 64.8 Å². The molecule has 2 aromatic rings. The Morgan fingerprint density at radius 3 is 2.92 bits per heavy atom. The SMILES string of the molecule is N#S[C@]12CCCN(C1)c1cnc(-c3cccc(C(F)(F)F)c3)nc1N2. The van der Waals surface area contributed by atoms with Crippen LogP contribution in [-0.4, -0.2) is 27.9 Å². The summed E-state index contributed by atoms with van der Waals surface area (Å²) in [6, 6.07) is 4.96. The molecule has 0 saturated carbocycles. The summed E-state index contributed by atoms with van der Waals surface area (Å²) in [7, 11) is 0. The number of nitrogens with one attached hydrogen (secondary N) is 1. The maximum Gasteiger partial charge on any atom is 0.416 e. The van der Waals surface area contributed by atoms with Crippen LogP contribution in [0.1, 0.15) is 18.4 Å². The fourth-order valence-corrected chi connectivity index (χ4v) is 3.91. The molecule has 1 fully saturated rings. The van der Waals surface area contributed by atoms with E-state index in [0.29, 0.717) is 17.9 Å². The maximum absolute atomic E-state index is 12.9. The Kier molecular flexibility index (Phi) is 3.59. The molecule has 1 saturated heterocycles. The third-order valence-electron chi connectivity index (χ3n) is 4.53. The van der Waals surface area contributed by atoms with E-state index in [4.69, 9.17) is 0 Å². The van der Waals surface area contributed by atoms with Gasteiger partial charge in [-0.15, -0.1) is 0 Å². The third-order valence-corrected chi connectivity index (χ3v) is 5.32. The summed E-state index contributed by atoms with van der Waals surface area (Å²) in [5.74, 6) is 0.756. The van der Waals surface area contributed by atoms with E-state index < -0.39 is 16.6 Å². The molecule has 1 atom stereocenters. The van der Waals surface area contributed by atoms with Crippen molar-refractivity contribution in [3.8, 4) is 11.4 Å². The van der Waals surface area contributed by atoms with Gasteiger partial charge in [-0.25, -0.2) is 9.97 Å². The number of hydrogen-bond donors (Lipinski definition) is 1. The van der Waals surface area contributed by atoms with Gasteiger partial charge in [0, 0.05) is 12.1 Å². The summed E-state index contributed by atoms with van der Waals surface area (Å²) in [5.41, 5.74) is 0.373. The molecule has 0 amide bonds. The van der Waals surface area contributed by atoms with E-state index in [-0.39, 0.29) is 5.82 Å². The number of aromatic nitrogens is 2. The molecule has 0 aliphatic carbocycles. The lowest BCUT2D eigenvalue weighted by molar-refractivity contribution is -0.137. The number of rotatable bonds is 1. The zero-order chi connectivity index (χ0) is 17.7. The molecule has 1 aromatic carbocycles. The lowest BCUT2D eigenvalue weighted by atomic mass is 10.0. The predicted molar refractivity (Wildman–Crippen MR) is 89.6 cm³/mol. The predicted octanol–water partition coefficient (Wildman–Crippen LogP) is 4.10. The van der Waals surface area contributed by atoms with Gasteiger partial charge in [-0.2, -0.15) is 17.8 Å². The average molecular weight is 365 g/mol. The molecule has 2 aliphatic rings. The van der Waals surface area contributed by atoms with Crippen LogP contribution in [0.4, 0.5) is 24.7 Å². The minimum atomic E-state index is -4.41. The first-order valence-corrected chi connectivity index (χ1v) is 8.58. The van der Waals surface area contributed by atoms with Crippen molar-refractivity contribution in [1.29, 1.82) is 4.61 Å². The molecule has 2 bridgehead atoms. The number of hydrogen-bond acceptors (Lipinski definition) is 5. The molecule has 0 spiro atoms. The highest BCUT2D eigenvalue weighted by atomic mass is 32.1. The van der Waals surface area contributed by atoms with Gasteiger partial charge >= 0.3 is 6.18 Å². The lowest BCUT2D eigenvalue weighted by Crippen LogP contribution is -2.53. The first-order chi connectivity index (χ1) is 11.9. The zero-order valence-corrected chi connectivity index (χ0v) is 13.9. The summed E-state index contributed by atoms with van der Waals surface area (Å²) >= 11 is 0.757. The Labute approximate surface area is 145 Å². The van der Waals surface area contributed by atoms with E-state index in [1.807, 2.05) is 0 Å². The van der Waals surface area contributed by atoms with E-state index in [9.17, 15) is 17.8 Å². The van der Waals surface area contributed by atoms with Crippen LogP contribution in [-0.2, 0) is 6.18 Å². The van der Waals surface area contributed by atoms with Crippen molar-refractivity contribution in [2.75, 3.05) is 23.3 Å². The van der Waals surface area contributed by atoms with Crippen LogP contribution in [0.15, 0.2) is 30.5 Å². The fourth-order valence-electron chi connectivity index (χ4n) is 3.32. The van der Waals surface area contributed by atoms with E-state index >= 15 is 0 Å². The third kappa shape index (κ3) is 2.79. The van der Waals surface area contributed by atoms with E-state index in [1.165, 1.54) is 6.07 Å². The minimum Gasteiger partial charge on any atom is -0.364 e. The van der Waals surface area contributed by atoms with Gasteiger partial charge in [0.15, 0.2) is 16.5 Å². The van der Waals surface area contributed by atoms with E-state index in [2.05, 4.69) is 20.2 Å². The Hall–Kier alpha value is -2.38. The second-order valence-electron chi connectivity index (χ2n) is 6.24. The van der Waals surface area contributed by atoms with E-state index in [1.54, 1.807) is 12.3 Å². The smallest absolute Gasteiger partial charge is 0.364 e. The summed E-state index contributed by atoms with van der Waals surface area (Å²) < 4.78 is 48.4. The Balaban J connectivity index is 1.76. The first kappa shape index (κ1) is 16.1. The molecule has 1 aromatic heterocycles. The number of fused-ring (bicyclic) bond motifs is 4. The zero-order valence-electron chi connectivity index (χ0n) is 13.0. The normalized spacial score (nSPS) is 22.1. The Bertz CT molecular complexity index is 879. The van der Waals surface area contributed by atoms with Gasteiger partial charge in [-0.05, 0) is 25.0 Å². The molecule has 2 aliphatic heterocycles. The van der Waals surface area contributed by atoms with Crippen molar-refractivity contribution in [2.24, 2.45) is 0 Å². The number of benzene rings is 1. The van der Waals surface area contributed by atoms with Crippen LogP contribution in [0.5, 0.6) is 0 Å². The molecule has 3 heterocycles. The fraction of sp³-hybridized carbons (Fsp3) is 0.375. The molecule has 0 radical (unpaired) electrons. The monoisotopic (exact) mass is 365 g/mol. The molecule has 130 valence electrons. The molecule has 25 heavy (non-hydrogen) atoms. The van der Waals surface area contributed by atoms with Gasteiger partial charge in [0.25, 0.3) is 0 Å². The summed E-state index contributed by atoms with van der Waals surface area (Å²) in [5, 5.41) is 3.24. The summed E-state index contributed by atoms with van der Waals surface area (Å²) in [6.07, 6.45) is -1.08. The molecule has 5 nitrogen and oxygen atoms in total. The molecule has 4 rings (SSSR count). The van der Waals surface area contributed by atoms with Crippen molar-refractivity contribution in [2.45, 2.75) is 23.9 Å². The van der Waals surface area contributed by atoms with Crippen LogP contribution in [0, 0.1) is 4.61 Å². The van der Waals surface area contributed by atoms with Crippen molar-refractivity contribution in [1.82, 2.24) is 9.97 Å². The second-order valence-corrected chi connectivity index (χ2v) is 7.21. The van der Waals surface area contributed by atoms with Gasteiger partial charge in [-0.1, -0.05) is 12.1 Å². The van der Waals surface area contributed by atoms with Crippen LogP contribution in [0.3, 0.4) is 0 Å². The van der Waals surface area contributed by atoms with Crippen LogP contribution >= 0.6 is 11.4 Å². The van der Waals surface area contributed by atoms with Gasteiger partial charge in [0.1, 0.15) is 0 Å². The van der Waals surface area contributed by atoms with Crippen molar-refractivity contribution >= 4 is 22.9 Å². The lowest BCUT2D eigenvalue weighted by Gasteiger charge is -2.45. The highest BCUT2D eigenvalue weighted by molar-refractivity contribution is 7.87. The molecule has 0 unspecified atom stereocenters. The maximum atomic E-state index is 12.9. The standard InChI is InChI=1S/C16H14F3N5S/c17-16(18,19)11-4-1-3-10(7-11)13-21-8-12-14(22-13)23-15(25-20)5-2-6-24(12)9-15/h1,3-4,7-8H,2,5-6,9H2,(H,21,22,23)/t15-/m1/s1. The number of piperidine rings is 1. The van der Waals surface area contributed by atoms with Crippen LogP contribution in [0.25, 0.3) is 11.4 Å². The Morgan fingerprint density at radius 1 is 1.32 bits per heavy atom. The van der Waals surface area contributed by atoms with Crippen molar-refractivity contribution in [3.63, 3.8) is 0 Å². The first-order valence-electron chi connectivity index (χ1n) is 7.81. The summed E-state index contributed by atoms with van der Waals surface area (Å²) in [4.78, 5) is 10.2. The molecule has 1 N–H and O–H groups in total. The summed E-state index contributed by atoms with van der Waals surface area (Å²) in [6.45, 7) is 1.47. The van der Waals surface area contributed by atoms with Gasteiger partial charge in [0.05, 0.1) is 35.4 Å². The van der Waals surface area contributed by atoms with Gasteiger partial charge < -0.3 is 10.2 Å². The van der Waals surface area contributed by atoms with Crippen LogP contribution < -0.4 is 10.2 Å². The largest absolute Gasteiger partial charge is 0.416 e. The highest BCUT2D eigenvalue weighted by Gasteiger charge is 2.41. The number of halogens is 3. The number of nitrogens with zero attached hydrogens (tertiary/aromatic N) is 4. The van der Waals surface area contributed by atoms with E-state index in [0.717, 1.165) is 48.6 Å².